The van der Waals surface area contributed by atoms with E-state index < -0.39 is 5.92 Å². The van der Waals surface area contributed by atoms with Crippen LogP contribution in [0.2, 0.25) is 0 Å². The summed E-state index contributed by atoms with van der Waals surface area (Å²) in [5, 5.41) is 3.30. The minimum absolute atomic E-state index is 0.126. The van der Waals surface area contributed by atoms with Crippen molar-refractivity contribution in [3.63, 3.8) is 0 Å². The minimum atomic E-state index is -0.457. The van der Waals surface area contributed by atoms with E-state index in [1.165, 1.54) is 31.0 Å². The Bertz CT molecular complexity index is 1230. The van der Waals surface area contributed by atoms with Gasteiger partial charge in [-0.3, -0.25) is 9.59 Å². The zero-order valence-electron chi connectivity index (χ0n) is 17.8. The van der Waals surface area contributed by atoms with Crippen LogP contribution in [0.5, 0.6) is 11.5 Å². The molecule has 0 aliphatic carbocycles. The molecule has 1 amide bonds. The average molecular weight is 456 g/mol. The van der Waals surface area contributed by atoms with Crippen LogP contribution in [-0.2, 0) is 17.6 Å². The highest BCUT2D eigenvalue weighted by molar-refractivity contribution is 7.98. The number of fused-ring (bicyclic) bond motifs is 1. The molecule has 1 atom stereocenters. The van der Waals surface area contributed by atoms with Crippen LogP contribution >= 0.6 is 11.8 Å². The van der Waals surface area contributed by atoms with E-state index in [4.69, 9.17) is 9.47 Å². The number of nitrogens with zero attached hydrogens (tertiary/aromatic N) is 2. The number of hydrogen-bond acceptors (Lipinski definition) is 6. The first kappa shape index (κ1) is 21.9. The predicted molar refractivity (Wildman–Crippen MR) is 120 cm³/mol. The number of ether oxygens (including phenoxy) is 2. The number of anilines is 1. The van der Waals surface area contributed by atoms with Crippen LogP contribution in [0.25, 0.3) is 0 Å². The van der Waals surface area contributed by atoms with Crippen molar-refractivity contribution in [2.24, 2.45) is 7.05 Å². The Morgan fingerprint density at radius 2 is 1.84 bits per heavy atom. The number of methoxy groups -OCH3 is 2. The molecule has 0 fully saturated rings. The number of hydrogen-bond donors (Lipinski definition) is 1. The Hall–Kier alpha value is -3.33. The molecule has 7 nitrogen and oxygen atoms in total. The molecule has 0 unspecified atom stereocenters. The molecule has 1 aromatic heterocycles. The highest BCUT2D eigenvalue weighted by Gasteiger charge is 2.32. The van der Waals surface area contributed by atoms with Gasteiger partial charge in [-0.05, 0) is 35.4 Å². The molecule has 1 aliphatic rings. The van der Waals surface area contributed by atoms with Crippen molar-refractivity contribution in [3.05, 3.63) is 75.3 Å². The van der Waals surface area contributed by atoms with Gasteiger partial charge in [-0.15, -0.1) is 0 Å². The highest BCUT2D eigenvalue weighted by Crippen LogP contribution is 2.39. The summed E-state index contributed by atoms with van der Waals surface area (Å²) in [6.07, 6.45) is 0.126. The molecule has 0 bridgehead atoms. The lowest BCUT2D eigenvalue weighted by Crippen LogP contribution is -2.33. The van der Waals surface area contributed by atoms with Gasteiger partial charge in [0.1, 0.15) is 11.6 Å². The second-order valence-corrected chi connectivity index (χ2v) is 8.30. The van der Waals surface area contributed by atoms with Gasteiger partial charge in [0.2, 0.25) is 5.91 Å². The topological polar surface area (TPSA) is 82.5 Å². The summed E-state index contributed by atoms with van der Waals surface area (Å²) in [4.78, 5) is 29.9. The number of aromatic nitrogens is 2. The SMILES string of the molecule is COc1ccc([C@@H]2CC(=O)Nc3c2c(=O)nc(SCc2ccc(F)cc2)n3C)cc1OC. The Morgan fingerprint density at radius 1 is 1.12 bits per heavy atom. The molecule has 3 aromatic rings. The molecular weight excluding hydrogens is 433 g/mol. The van der Waals surface area contributed by atoms with E-state index in [-0.39, 0.29) is 23.7 Å². The number of amides is 1. The molecule has 0 saturated carbocycles. The van der Waals surface area contributed by atoms with Crippen LogP contribution in [0.3, 0.4) is 0 Å². The lowest BCUT2D eigenvalue weighted by atomic mass is 9.86. The number of nitrogens with one attached hydrogen (secondary N) is 1. The first-order valence-corrected chi connectivity index (χ1v) is 10.9. The molecule has 2 heterocycles. The summed E-state index contributed by atoms with van der Waals surface area (Å²) in [6.45, 7) is 0. The van der Waals surface area contributed by atoms with Crippen molar-refractivity contribution in [2.45, 2.75) is 23.2 Å². The smallest absolute Gasteiger partial charge is 0.279 e. The van der Waals surface area contributed by atoms with E-state index in [1.54, 1.807) is 43.0 Å². The fourth-order valence-electron chi connectivity index (χ4n) is 3.75. The number of thioether (sulfide) groups is 1. The molecule has 2 aromatic carbocycles. The largest absolute Gasteiger partial charge is 0.493 e. The lowest BCUT2D eigenvalue weighted by Gasteiger charge is -2.28. The Labute approximate surface area is 188 Å². The molecule has 32 heavy (non-hydrogen) atoms. The molecule has 9 heteroatoms. The van der Waals surface area contributed by atoms with Crippen molar-refractivity contribution in [1.82, 2.24) is 9.55 Å². The van der Waals surface area contributed by atoms with Crippen LogP contribution < -0.4 is 20.3 Å². The van der Waals surface area contributed by atoms with E-state index in [2.05, 4.69) is 10.3 Å². The monoisotopic (exact) mass is 455 g/mol. The summed E-state index contributed by atoms with van der Waals surface area (Å²) in [6, 6.07) is 11.5. The van der Waals surface area contributed by atoms with Crippen LogP contribution in [0, 0.1) is 5.82 Å². The van der Waals surface area contributed by atoms with Crippen molar-refractivity contribution >= 4 is 23.5 Å². The molecule has 0 saturated heterocycles. The second kappa shape index (κ2) is 9.04. The maximum absolute atomic E-state index is 13.1. The minimum Gasteiger partial charge on any atom is -0.493 e. The normalized spacial score (nSPS) is 15.1. The lowest BCUT2D eigenvalue weighted by molar-refractivity contribution is -0.116. The average Bonchev–Trinajstić information content (AvgIpc) is 2.80. The number of halogens is 1. The second-order valence-electron chi connectivity index (χ2n) is 7.36. The molecule has 166 valence electrons. The summed E-state index contributed by atoms with van der Waals surface area (Å²) in [5.74, 6) is 1.08. The van der Waals surface area contributed by atoms with Gasteiger partial charge in [0.25, 0.3) is 5.56 Å². The first-order valence-electron chi connectivity index (χ1n) is 9.91. The van der Waals surface area contributed by atoms with Crippen molar-refractivity contribution in [3.8, 4) is 11.5 Å². The Morgan fingerprint density at radius 3 is 2.53 bits per heavy atom. The maximum Gasteiger partial charge on any atom is 0.279 e. The first-order chi connectivity index (χ1) is 15.4. The van der Waals surface area contributed by atoms with E-state index in [0.29, 0.717) is 33.8 Å². The van der Waals surface area contributed by atoms with Crippen LogP contribution in [0.4, 0.5) is 10.2 Å². The van der Waals surface area contributed by atoms with Crippen LogP contribution in [0.15, 0.2) is 52.4 Å². The summed E-state index contributed by atoms with van der Waals surface area (Å²) >= 11 is 1.34. The van der Waals surface area contributed by atoms with Crippen molar-refractivity contribution in [2.75, 3.05) is 19.5 Å². The quantitative estimate of drug-likeness (QED) is 0.451. The maximum atomic E-state index is 13.1. The van der Waals surface area contributed by atoms with Crippen molar-refractivity contribution < 1.29 is 18.7 Å². The number of rotatable bonds is 6. The predicted octanol–water partition coefficient (Wildman–Crippen LogP) is 3.70. The zero-order chi connectivity index (χ0) is 22.8. The molecular formula is C23H22FN3O4S. The van der Waals surface area contributed by atoms with Gasteiger partial charge in [0.15, 0.2) is 16.7 Å². The molecule has 1 aliphatic heterocycles. The third-order valence-electron chi connectivity index (χ3n) is 5.39. The fourth-order valence-corrected chi connectivity index (χ4v) is 4.67. The summed E-state index contributed by atoms with van der Waals surface area (Å²) in [5.41, 5.74) is 1.71. The van der Waals surface area contributed by atoms with Gasteiger partial charge in [-0.1, -0.05) is 30.0 Å². The summed E-state index contributed by atoms with van der Waals surface area (Å²) < 4.78 is 25.5. The Kier molecular flexibility index (Phi) is 6.18. The Balaban J connectivity index is 1.71. The third kappa shape index (κ3) is 4.20. The third-order valence-corrected chi connectivity index (χ3v) is 6.49. The van der Waals surface area contributed by atoms with Gasteiger partial charge in [-0.25, -0.2) is 4.39 Å². The molecule has 4 rings (SSSR count). The van der Waals surface area contributed by atoms with Gasteiger partial charge in [-0.2, -0.15) is 4.98 Å². The van der Waals surface area contributed by atoms with Crippen molar-refractivity contribution in [1.29, 1.82) is 0 Å². The zero-order valence-corrected chi connectivity index (χ0v) is 18.7. The number of carbonyl (C=O) groups is 1. The molecule has 1 N–H and O–H groups in total. The van der Waals surface area contributed by atoms with Gasteiger partial charge >= 0.3 is 0 Å². The van der Waals surface area contributed by atoms with E-state index in [9.17, 15) is 14.0 Å². The number of carbonyl (C=O) groups excluding carboxylic acids is 1. The van der Waals surface area contributed by atoms with Crippen LogP contribution in [-0.4, -0.2) is 29.7 Å². The van der Waals surface area contributed by atoms with Gasteiger partial charge in [0, 0.05) is 25.1 Å². The highest BCUT2D eigenvalue weighted by atomic mass is 32.2. The van der Waals surface area contributed by atoms with E-state index in [0.717, 1.165) is 11.1 Å². The van der Waals surface area contributed by atoms with Gasteiger partial charge < -0.3 is 19.4 Å². The van der Waals surface area contributed by atoms with E-state index in [1.807, 2.05) is 6.07 Å². The summed E-state index contributed by atoms with van der Waals surface area (Å²) in [7, 11) is 4.84. The van der Waals surface area contributed by atoms with Gasteiger partial charge in [0.05, 0.1) is 19.8 Å². The van der Waals surface area contributed by atoms with E-state index >= 15 is 0 Å². The molecule has 0 radical (unpaired) electrons. The fraction of sp³-hybridized carbons (Fsp3) is 0.261. The standard InChI is InChI=1S/C23H22FN3O4S/c1-27-21-20(22(29)26-23(27)32-12-13-4-7-15(24)8-5-13)16(11-19(28)25-21)14-6-9-17(30-2)18(10-14)31-3/h4-10,16H,11-12H2,1-3H3,(H,25,28)/t16-/m0/s1. The van der Waals surface area contributed by atoms with Crippen LogP contribution in [0.1, 0.15) is 29.0 Å². The molecule has 0 spiro atoms. The number of benzene rings is 2.